The lowest BCUT2D eigenvalue weighted by Crippen LogP contribution is -2.13. The fraction of sp³-hybridized carbons (Fsp3) is 0.0435. The molecule has 0 aliphatic rings. The van der Waals surface area contributed by atoms with Gasteiger partial charge >= 0.3 is 0 Å². The highest BCUT2D eigenvalue weighted by Gasteiger charge is 2.11. The van der Waals surface area contributed by atoms with E-state index in [0.29, 0.717) is 38.7 Å². The SMILES string of the molecule is N#C/C(=C\c1ccc(OCc2ccc(Br)cc2)c(Cl)c1)C(=O)Nc1ccc(Cl)c(Cl)c1. The summed E-state index contributed by atoms with van der Waals surface area (Å²) in [5.41, 5.74) is 1.91. The van der Waals surface area contributed by atoms with Crippen molar-refractivity contribution in [3.05, 3.63) is 96.9 Å². The molecule has 156 valence electrons. The zero-order valence-corrected chi connectivity index (χ0v) is 19.7. The van der Waals surface area contributed by atoms with Gasteiger partial charge in [0.1, 0.15) is 24.0 Å². The average Bonchev–Trinajstić information content (AvgIpc) is 2.75. The molecule has 8 heteroatoms. The molecule has 31 heavy (non-hydrogen) atoms. The number of ether oxygens (including phenoxy) is 1. The largest absolute Gasteiger partial charge is 0.487 e. The van der Waals surface area contributed by atoms with Gasteiger partial charge in [-0.15, -0.1) is 0 Å². The minimum atomic E-state index is -0.576. The molecule has 0 atom stereocenters. The number of amides is 1. The topological polar surface area (TPSA) is 62.1 Å². The molecule has 0 saturated heterocycles. The molecule has 0 aliphatic heterocycles. The van der Waals surface area contributed by atoms with E-state index < -0.39 is 5.91 Å². The summed E-state index contributed by atoms with van der Waals surface area (Å²) in [5.74, 6) is -0.0759. The molecule has 0 spiro atoms. The Balaban J connectivity index is 1.70. The number of carbonyl (C=O) groups is 1. The maximum absolute atomic E-state index is 12.4. The van der Waals surface area contributed by atoms with Crippen molar-refractivity contribution in [3.8, 4) is 11.8 Å². The monoisotopic (exact) mass is 534 g/mol. The summed E-state index contributed by atoms with van der Waals surface area (Å²) in [5, 5.41) is 13.1. The molecule has 0 unspecified atom stereocenters. The van der Waals surface area contributed by atoms with Crippen LogP contribution in [0.1, 0.15) is 11.1 Å². The summed E-state index contributed by atoms with van der Waals surface area (Å²) in [7, 11) is 0. The van der Waals surface area contributed by atoms with Crippen molar-refractivity contribution in [2.75, 3.05) is 5.32 Å². The molecule has 0 heterocycles. The minimum absolute atomic E-state index is 0.0920. The van der Waals surface area contributed by atoms with Crippen LogP contribution in [0.4, 0.5) is 5.69 Å². The second kappa shape index (κ2) is 10.7. The molecule has 3 rings (SSSR count). The van der Waals surface area contributed by atoms with Crippen LogP contribution in [0.2, 0.25) is 15.1 Å². The molecule has 0 saturated carbocycles. The first kappa shape index (κ1) is 23.2. The van der Waals surface area contributed by atoms with Gasteiger partial charge in [0.2, 0.25) is 0 Å². The van der Waals surface area contributed by atoms with Crippen molar-refractivity contribution in [3.63, 3.8) is 0 Å². The Kier molecular flexibility index (Phi) is 8.00. The van der Waals surface area contributed by atoms with E-state index in [0.717, 1.165) is 10.0 Å². The van der Waals surface area contributed by atoms with Crippen molar-refractivity contribution in [2.24, 2.45) is 0 Å². The number of benzene rings is 3. The van der Waals surface area contributed by atoms with E-state index in [1.54, 1.807) is 30.3 Å². The number of hydrogen-bond donors (Lipinski definition) is 1. The van der Waals surface area contributed by atoms with Crippen LogP contribution in [0.15, 0.2) is 70.7 Å². The third-order valence-corrected chi connectivity index (χ3v) is 5.68. The number of carbonyl (C=O) groups excluding carboxylic acids is 1. The van der Waals surface area contributed by atoms with Crippen LogP contribution in [0.3, 0.4) is 0 Å². The molecule has 0 aliphatic carbocycles. The van der Waals surface area contributed by atoms with Gasteiger partial charge in [-0.2, -0.15) is 5.26 Å². The molecular formula is C23H14BrCl3N2O2. The molecule has 1 amide bonds. The zero-order chi connectivity index (χ0) is 22.4. The van der Waals surface area contributed by atoms with Gasteiger partial charge in [0.25, 0.3) is 5.91 Å². The second-order valence-electron chi connectivity index (χ2n) is 6.36. The molecule has 0 bridgehead atoms. The van der Waals surface area contributed by atoms with Gasteiger partial charge < -0.3 is 10.1 Å². The second-order valence-corrected chi connectivity index (χ2v) is 8.50. The molecule has 1 N–H and O–H groups in total. The Labute approximate surface area is 203 Å². The first-order valence-electron chi connectivity index (χ1n) is 8.90. The van der Waals surface area contributed by atoms with Crippen molar-refractivity contribution in [1.82, 2.24) is 0 Å². The average molecular weight is 537 g/mol. The van der Waals surface area contributed by atoms with Gasteiger partial charge in [0, 0.05) is 10.2 Å². The van der Waals surface area contributed by atoms with E-state index in [-0.39, 0.29) is 5.57 Å². The quantitative estimate of drug-likeness (QED) is 0.262. The van der Waals surface area contributed by atoms with E-state index >= 15 is 0 Å². The van der Waals surface area contributed by atoms with E-state index in [4.69, 9.17) is 39.5 Å². The lowest BCUT2D eigenvalue weighted by molar-refractivity contribution is -0.112. The highest BCUT2D eigenvalue weighted by Crippen LogP contribution is 2.28. The number of hydrogen-bond acceptors (Lipinski definition) is 3. The molecule has 0 aromatic heterocycles. The fourth-order valence-corrected chi connectivity index (χ4v) is 3.36. The third kappa shape index (κ3) is 6.49. The summed E-state index contributed by atoms with van der Waals surface area (Å²) in [6.45, 7) is 0.359. The van der Waals surface area contributed by atoms with Gasteiger partial charge in [-0.25, -0.2) is 0 Å². The van der Waals surface area contributed by atoms with E-state index in [1.807, 2.05) is 30.3 Å². The number of rotatable bonds is 6. The lowest BCUT2D eigenvalue weighted by atomic mass is 10.1. The normalized spacial score (nSPS) is 11.0. The van der Waals surface area contributed by atoms with Crippen LogP contribution in [0.5, 0.6) is 5.75 Å². The molecule has 4 nitrogen and oxygen atoms in total. The molecule has 3 aromatic rings. The Morgan fingerprint density at radius 3 is 2.39 bits per heavy atom. The van der Waals surface area contributed by atoms with Gasteiger partial charge in [0.05, 0.1) is 15.1 Å². The highest BCUT2D eigenvalue weighted by atomic mass is 79.9. The molecule has 3 aromatic carbocycles. The molecule has 0 radical (unpaired) electrons. The minimum Gasteiger partial charge on any atom is -0.487 e. The van der Waals surface area contributed by atoms with Gasteiger partial charge in [-0.1, -0.05) is 68.9 Å². The number of nitrogens with zero attached hydrogens (tertiary/aromatic N) is 1. The summed E-state index contributed by atoms with van der Waals surface area (Å²) in [6, 6.07) is 19.3. The summed E-state index contributed by atoms with van der Waals surface area (Å²) in [4.78, 5) is 12.4. The smallest absolute Gasteiger partial charge is 0.266 e. The van der Waals surface area contributed by atoms with Gasteiger partial charge in [0.15, 0.2) is 0 Å². The predicted octanol–water partition coefficient (Wildman–Crippen LogP) is 7.53. The van der Waals surface area contributed by atoms with E-state index in [1.165, 1.54) is 12.1 Å². The van der Waals surface area contributed by atoms with Crippen LogP contribution in [-0.4, -0.2) is 5.91 Å². The van der Waals surface area contributed by atoms with Gasteiger partial charge in [-0.05, 0) is 59.7 Å². The Hall–Kier alpha value is -2.49. The summed E-state index contributed by atoms with van der Waals surface area (Å²) in [6.07, 6.45) is 1.44. The lowest BCUT2D eigenvalue weighted by Gasteiger charge is -2.09. The predicted molar refractivity (Wildman–Crippen MR) is 129 cm³/mol. The van der Waals surface area contributed by atoms with Crippen LogP contribution in [-0.2, 0) is 11.4 Å². The van der Waals surface area contributed by atoms with Crippen LogP contribution in [0, 0.1) is 11.3 Å². The van der Waals surface area contributed by atoms with E-state index in [9.17, 15) is 10.1 Å². The van der Waals surface area contributed by atoms with Crippen molar-refractivity contribution in [2.45, 2.75) is 6.61 Å². The molecular weight excluding hydrogens is 523 g/mol. The fourth-order valence-electron chi connectivity index (χ4n) is 2.55. The Morgan fingerprint density at radius 2 is 1.74 bits per heavy atom. The third-order valence-electron chi connectivity index (χ3n) is 4.12. The summed E-state index contributed by atoms with van der Waals surface area (Å²) < 4.78 is 6.75. The van der Waals surface area contributed by atoms with Gasteiger partial charge in [-0.3, -0.25) is 4.79 Å². The number of nitriles is 1. The maximum Gasteiger partial charge on any atom is 0.266 e. The number of halogens is 4. The number of nitrogens with one attached hydrogen (secondary N) is 1. The highest BCUT2D eigenvalue weighted by molar-refractivity contribution is 9.10. The van der Waals surface area contributed by atoms with Crippen LogP contribution in [0.25, 0.3) is 6.08 Å². The first-order valence-corrected chi connectivity index (χ1v) is 10.8. The summed E-state index contributed by atoms with van der Waals surface area (Å²) >= 11 is 21.5. The van der Waals surface area contributed by atoms with Crippen LogP contribution >= 0.6 is 50.7 Å². The Bertz CT molecular complexity index is 1190. The van der Waals surface area contributed by atoms with Crippen molar-refractivity contribution in [1.29, 1.82) is 5.26 Å². The van der Waals surface area contributed by atoms with Crippen LogP contribution < -0.4 is 10.1 Å². The van der Waals surface area contributed by atoms with Crippen molar-refractivity contribution >= 4 is 68.4 Å². The van der Waals surface area contributed by atoms with E-state index in [2.05, 4.69) is 21.2 Å². The first-order chi connectivity index (χ1) is 14.9. The standard InChI is InChI=1S/C23H14BrCl3N2O2/c24-17-4-1-14(2-5-17)13-31-22-8-3-15(10-21(22)27)9-16(12-28)23(30)29-18-6-7-19(25)20(26)11-18/h1-11H,13H2,(H,29,30)/b16-9+. The number of anilines is 1. The van der Waals surface area contributed by atoms with Crippen molar-refractivity contribution < 1.29 is 9.53 Å². The maximum atomic E-state index is 12.4. The molecule has 0 fully saturated rings. The Morgan fingerprint density at radius 1 is 1.00 bits per heavy atom. The zero-order valence-electron chi connectivity index (χ0n) is 15.8.